The monoisotopic (exact) mass is 396 g/mol. The molecule has 1 aliphatic heterocycles. The number of anilines is 1. The lowest BCUT2D eigenvalue weighted by Gasteiger charge is -2.22. The summed E-state index contributed by atoms with van der Waals surface area (Å²) in [5, 5.41) is 4.49. The summed E-state index contributed by atoms with van der Waals surface area (Å²) in [4.78, 5) is 12.7. The number of sulfonamides is 1. The third-order valence-electron chi connectivity index (χ3n) is 4.22. The topological polar surface area (TPSA) is 84.9 Å². The van der Waals surface area contributed by atoms with Gasteiger partial charge in [0, 0.05) is 18.3 Å². The van der Waals surface area contributed by atoms with Crippen LogP contribution in [0.15, 0.2) is 39.9 Å². The van der Waals surface area contributed by atoms with Gasteiger partial charge in [0.25, 0.3) is 10.0 Å². The number of rotatable bonds is 6. The molecule has 0 spiro atoms. The molecule has 9 heteroatoms. The van der Waals surface area contributed by atoms with Gasteiger partial charge in [0.05, 0.1) is 14.2 Å². The summed E-state index contributed by atoms with van der Waals surface area (Å²) in [6.45, 7) is 0.338. The van der Waals surface area contributed by atoms with E-state index in [4.69, 9.17) is 9.47 Å². The van der Waals surface area contributed by atoms with Crippen LogP contribution in [0.5, 0.6) is 11.5 Å². The maximum absolute atomic E-state index is 12.8. The van der Waals surface area contributed by atoms with E-state index in [1.807, 2.05) is 0 Å². The van der Waals surface area contributed by atoms with Crippen molar-refractivity contribution in [2.24, 2.45) is 0 Å². The molecule has 1 fully saturated rings. The fraction of sp³-hybridized carbons (Fsp3) is 0.353. The Kier molecular flexibility index (Phi) is 5.49. The molecule has 0 saturated carbocycles. The Bertz CT molecular complexity index is 881. The molecule has 2 heterocycles. The summed E-state index contributed by atoms with van der Waals surface area (Å²) in [7, 11) is -0.620. The van der Waals surface area contributed by atoms with E-state index in [1.165, 1.54) is 18.5 Å². The summed E-state index contributed by atoms with van der Waals surface area (Å²) in [6, 6.07) is 7.53. The highest BCUT2D eigenvalue weighted by Gasteiger charge is 2.39. The number of nitrogens with one attached hydrogen (secondary N) is 1. The zero-order valence-corrected chi connectivity index (χ0v) is 16.1. The first-order chi connectivity index (χ1) is 12.5. The minimum absolute atomic E-state index is 0.253. The molecule has 1 saturated heterocycles. The predicted octanol–water partition coefficient (Wildman–Crippen LogP) is 2.56. The maximum Gasteiger partial charge on any atom is 0.253 e. The lowest BCUT2D eigenvalue weighted by atomic mass is 10.2. The summed E-state index contributed by atoms with van der Waals surface area (Å²) in [5.74, 6) is 0.683. The van der Waals surface area contributed by atoms with Crippen molar-refractivity contribution in [1.82, 2.24) is 4.31 Å². The smallest absolute Gasteiger partial charge is 0.253 e. The van der Waals surface area contributed by atoms with Gasteiger partial charge in [-0.3, -0.25) is 4.79 Å². The number of methoxy groups -OCH3 is 2. The standard InChI is InChI=1S/C17H20N2O5S2/c1-23-14-8-7-12(11-15(14)24-2)18-17(20)13-5-3-9-19(13)26(21,22)16-6-4-10-25-16/h4,6-8,10-11,13H,3,5,9H2,1-2H3,(H,18,20). The largest absolute Gasteiger partial charge is 0.493 e. The Hall–Kier alpha value is -2.10. The third kappa shape index (κ3) is 3.55. The maximum atomic E-state index is 12.8. The molecule has 7 nitrogen and oxygen atoms in total. The normalized spacial score (nSPS) is 17.8. The van der Waals surface area contributed by atoms with Crippen molar-refractivity contribution in [2.75, 3.05) is 26.1 Å². The number of thiophene rings is 1. The van der Waals surface area contributed by atoms with E-state index in [0.29, 0.717) is 36.6 Å². The molecule has 1 aliphatic rings. The Labute approximate surface area is 156 Å². The summed E-state index contributed by atoms with van der Waals surface area (Å²) >= 11 is 1.15. The van der Waals surface area contributed by atoms with Crippen LogP contribution >= 0.6 is 11.3 Å². The van der Waals surface area contributed by atoms with Crippen LogP contribution < -0.4 is 14.8 Å². The summed E-state index contributed by atoms with van der Waals surface area (Å²) in [6.07, 6.45) is 1.14. The fourth-order valence-corrected chi connectivity index (χ4v) is 5.73. The molecule has 1 unspecified atom stereocenters. The summed E-state index contributed by atoms with van der Waals surface area (Å²) in [5.41, 5.74) is 0.521. The van der Waals surface area contributed by atoms with Crippen LogP contribution in [-0.4, -0.2) is 45.4 Å². The van der Waals surface area contributed by atoms with E-state index < -0.39 is 16.1 Å². The van der Waals surface area contributed by atoms with Crippen molar-refractivity contribution in [3.8, 4) is 11.5 Å². The van der Waals surface area contributed by atoms with Crippen LogP contribution in [0.25, 0.3) is 0 Å². The van der Waals surface area contributed by atoms with Crippen molar-refractivity contribution < 1.29 is 22.7 Å². The zero-order chi connectivity index (χ0) is 18.7. The first-order valence-electron chi connectivity index (χ1n) is 8.05. The second-order valence-corrected chi connectivity index (χ2v) is 8.83. The Morgan fingerprint density at radius 3 is 2.65 bits per heavy atom. The van der Waals surface area contributed by atoms with E-state index in [1.54, 1.807) is 35.7 Å². The molecule has 1 aromatic heterocycles. The number of ether oxygens (including phenoxy) is 2. The van der Waals surface area contributed by atoms with Crippen molar-refractivity contribution in [3.05, 3.63) is 35.7 Å². The van der Waals surface area contributed by atoms with E-state index in [0.717, 1.165) is 11.3 Å². The number of benzene rings is 1. The van der Waals surface area contributed by atoms with Gasteiger partial charge in [0.15, 0.2) is 11.5 Å². The predicted molar refractivity (Wildman–Crippen MR) is 99.4 cm³/mol. The van der Waals surface area contributed by atoms with E-state index in [9.17, 15) is 13.2 Å². The number of carbonyl (C=O) groups is 1. The molecular formula is C17H20N2O5S2. The van der Waals surface area contributed by atoms with E-state index >= 15 is 0 Å². The molecule has 140 valence electrons. The SMILES string of the molecule is COc1ccc(NC(=O)C2CCCN2S(=O)(=O)c2cccs2)cc1OC. The highest BCUT2D eigenvalue weighted by Crippen LogP contribution is 2.32. The Morgan fingerprint density at radius 1 is 1.23 bits per heavy atom. The lowest BCUT2D eigenvalue weighted by Crippen LogP contribution is -2.42. The van der Waals surface area contributed by atoms with E-state index in [-0.39, 0.29) is 10.1 Å². The van der Waals surface area contributed by atoms with Gasteiger partial charge in [-0.25, -0.2) is 8.42 Å². The summed E-state index contributed by atoms with van der Waals surface area (Å²) < 4.78 is 37.5. The van der Waals surface area contributed by atoms with Crippen molar-refractivity contribution in [3.63, 3.8) is 0 Å². The molecular weight excluding hydrogens is 376 g/mol. The van der Waals surface area contributed by atoms with Gasteiger partial charge in [-0.2, -0.15) is 4.31 Å². The zero-order valence-electron chi connectivity index (χ0n) is 14.5. The quantitative estimate of drug-likeness (QED) is 0.811. The van der Waals surface area contributed by atoms with Crippen LogP contribution in [0, 0.1) is 0 Å². The Morgan fingerprint density at radius 2 is 2.00 bits per heavy atom. The third-order valence-corrected chi connectivity index (χ3v) is 7.50. The molecule has 0 aliphatic carbocycles. The molecule has 0 bridgehead atoms. The molecule has 1 N–H and O–H groups in total. The average Bonchev–Trinajstić information content (AvgIpc) is 3.33. The van der Waals surface area contributed by atoms with Crippen LogP contribution in [0.3, 0.4) is 0 Å². The molecule has 0 radical (unpaired) electrons. The molecule has 26 heavy (non-hydrogen) atoms. The minimum atomic E-state index is -3.66. The number of nitrogens with zero attached hydrogens (tertiary/aromatic N) is 1. The van der Waals surface area contributed by atoms with Crippen molar-refractivity contribution in [2.45, 2.75) is 23.1 Å². The van der Waals surface area contributed by atoms with Gasteiger partial charge in [0.1, 0.15) is 10.3 Å². The van der Waals surface area contributed by atoms with Gasteiger partial charge < -0.3 is 14.8 Å². The minimum Gasteiger partial charge on any atom is -0.493 e. The number of hydrogen-bond acceptors (Lipinski definition) is 6. The lowest BCUT2D eigenvalue weighted by molar-refractivity contribution is -0.119. The molecule has 3 rings (SSSR count). The van der Waals surface area contributed by atoms with Gasteiger partial charge in [-0.1, -0.05) is 6.07 Å². The Balaban J connectivity index is 1.79. The van der Waals surface area contributed by atoms with Crippen molar-refractivity contribution in [1.29, 1.82) is 0 Å². The first kappa shape index (κ1) is 18.7. The van der Waals surface area contributed by atoms with Crippen molar-refractivity contribution >= 4 is 33.0 Å². The number of carbonyl (C=O) groups excluding carboxylic acids is 1. The van der Waals surface area contributed by atoms with Crippen LogP contribution in [-0.2, 0) is 14.8 Å². The second-order valence-electron chi connectivity index (χ2n) is 5.76. The second kappa shape index (κ2) is 7.65. The molecule has 1 aromatic carbocycles. The highest BCUT2D eigenvalue weighted by atomic mass is 32.2. The molecule has 1 amide bonds. The van der Waals surface area contributed by atoms with Crippen LogP contribution in [0.2, 0.25) is 0 Å². The van der Waals surface area contributed by atoms with Gasteiger partial charge in [-0.15, -0.1) is 11.3 Å². The number of hydrogen-bond donors (Lipinski definition) is 1. The van der Waals surface area contributed by atoms with E-state index in [2.05, 4.69) is 5.32 Å². The number of amides is 1. The average molecular weight is 396 g/mol. The van der Waals surface area contributed by atoms with Crippen LogP contribution in [0.4, 0.5) is 5.69 Å². The fourth-order valence-electron chi connectivity index (χ4n) is 2.96. The molecule has 2 aromatic rings. The van der Waals surface area contributed by atoms with Gasteiger partial charge in [0.2, 0.25) is 5.91 Å². The molecule has 1 atom stereocenters. The van der Waals surface area contributed by atoms with Gasteiger partial charge >= 0.3 is 0 Å². The van der Waals surface area contributed by atoms with Crippen LogP contribution in [0.1, 0.15) is 12.8 Å². The first-order valence-corrected chi connectivity index (χ1v) is 10.4. The van der Waals surface area contributed by atoms with Gasteiger partial charge in [-0.05, 0) is 36.4 Å². The highest BCUT2D eigenvalue weighted by molar-refractivity contribution is 7.91.